The van der Waals surface area contributed by atoms with Crippen LogP contribution in [0.25, 0.3) is 0 Å². The van der Waals surface area contributed by atoms with E-state index in [1.165, 1.54) is 10.4 Å². The molecule has 0 saturated heterocycles. The van der Waals surface area contributed by atoms with Gasteiger partial charge in [0.15, 0.2) is 0 Å². The molecule has 9 heteroatoms. The summed E-state index contributed by atoms with van der Waals surface area (Å²) >= 11 is 3.38. The lowest BCUT2D eigenvalue weighted by molar-refractivity contribution is -0.131. The molecule has 0 radical (unpaired) electrons. The summed E-state index contributed by atoms with van der Waals surface area (Å²) in [5.41, 5.74) is 0. The lowest BCUT2D eigenvalue weighted by Crippen LogP contribution is -2.50. The molecule has 0 unspecified atom stereocenters. The van der Waals surface area contributed by atoms with Crippen molar-refractivity contribution in [3.63, 3.8) is 0 Å². The Bertz CT molecular complexity index is 858. The van der Waals surface area contributed by atoms with E-state index in [0.29, 0.717) is 23.4 Å². The van der Waals surface area contributed by atoms with E-state index >= 15 is 0 Å². The van der Waals surface area contributed by atoms with E-state index in [4.69, 9.17) is 4.74 Å². The Morgan fingerprint density at radius 3 is 2.72 bits per heavy atom. The number of halogens is 1. The average Bonchev–Trinajstić information content (AvgIpc) is 3.47. The Kier molecular flexibility index (Phi) is 6.92. The van der Waals surface area contributed by atoms with Crippen LogP contribution in [0.4, 0.5) is 0 Å². The van der Waals surface area contributed by atoms with E-state index in [1.807, 2.05) is 6.92 Å². The molecule has 1 saturated carbocycles. The summed E-state index contributed by atoms with van der Waals surface area (Å²) in [5, 5.41) is 9.64. The van der Waals surface area contributed by atoms with Crippen LogP contribution >= 0.6 is 15.9 Å². The highest BCUT2D eigenvalue weighted by atomic mass is 79.9. The molecule has 7 nitrogen and oxygen atoms in total. The number of nitrogens with zero attached hydrogens (tertiary/aromatic N) is 2. The van der Waals surface area contributed by atoms with Crippen molar-refractivity contribution in [1.29, 1.82) is 0 Å². The maximum atomic E-state index is 13.3. The van der Waals surface area contributed by atoms with E-state index in [9.17, 15) is 18.3 Å². The number of benzene rings is 1. The Labute approximate surface area is 181 Å². The van der Waals surface area contributed by atoms with Crippen LogP contribution < -0.4 is 4.74 Å². The minimum atomic E-state index is -3.83. The van der Waals surface area contributed by atoms with Gasteiger partial charge in [0.25, 0.3) is 0 Å². The van der Waals surface area contributed by atoms with Gasteiger partial charge in [-0.25, -0.2) is 8.42 Å². The lowest BCUT2D eigenvalue weighted by atomic mass is 10.0. The molecule has 1 aromatic rings. The van der Waals surface area contributed by atoms with Crippen LogP contribution in [0.15, 0.2) is 27.6 Å². The van der Waals surface area contributed by atoms with E-state index in [2.05, 4.69) is 15.9 Å². The van der Waals surface area contributed by atoms with Crippen LogP contribution in [0.1, 0.15) is 33.1 Å². The molecular formula is C20H29BrN2O5S. The third kappa shape index (κ3) is 5.13. The molecule has 3 rings (SSSR count). The Morgan fingerprint density at radius 2 is 2.10 bits per heavy atom. The Morgan fingerprint density at radius 1 is 1.41 bits per heavy atom. The van der Waals surface area contributed by atoms with E-state index in [0.717, 1.165) is 12.8 Å². The van der Waals surface area contributed by atoms with Crippen molar-refractivity contribution < 1.29 is 23.1 Å². The predicted octanol–water partition coefficient (Wildman–Crippen LogP) is 2.48. The second kappa shape index (κ2) is 8.91. The number of ether oxygens (including phenoxy) is 1. The fourth-order valence-electron chi connectivity index (χ4n) is 3.51. The largest absolute Gasteiger partial charge is 0.487 e. The SMILES string of the molecule is C[C@@H]1CN([C@H](C)CO)S(=O)(=O)c2ccc(Br)cc2O[C@@H]1CN(C)C(=O)CC1CC1. The van der Waals surface area contributed by atoms with E-state index in [1.54, 1.807) is 31.0 Å². The maximum Gasteiger partial charge on any atom is 0.247 e. The molecule has 29 heavy (non-hydrogen) atoms. The standard InChI is InChI=1S/C20H29BrN2O5S/c1-13-10-23(14(2)12-24)29(26,27)19-7-6-16(21)9-17(19)28-18(13)11-22(3)20(25)8-15-4-5-15/h6-7,9,13-15,18,24H,4-5,8,10-12H2,1-3H3/t13-,14-,18-/m1/s1. The predicted molar refractivity (Wildman–Crippen MR) is 113 cm³/mol. The average molecular weight is 489 g/mol. The summed E-state index contributed by atoms with van der Waals surface area (Å²) in [6.45, 7) is 3.91. The summed E-state index contributed by atoms with van der Waals surface area (Å²) in [6.07, 6.45) is 2.41. The molecule has 3 atom stereocenters. The number of fused-ring (bicyclic) bond motifs is 1. The van der Waals surface area contributed by atoms with Crippen molar-refractivity contribution in [1.82, 2.24) is 9.21 Å². The van der Waals surface area contributed by atoms with Gasteiger partial charge in [0.2, 0.25) is 15.9 Å². The van der Waals surface area contributed by atoms with Crippen molar-refractivity contribution in [3.8, 4) is 5.75 Å². The number of likely N-dealkylation sites (N-methyl/N-ethyl adjacent to an activating group) is 1. The molecule has 0 spiro atoms. The summed E-state index contributed by atoms with van der Waals surface area (Å²) in [4.78, 5) is 14.2. The molecule has 1 aliphatic carbocycles. The van der Waals surface area contributed by atoms with Gasteiger partial charge in [-0.2, -0.15) is 4.31 Å². The summed E-state index contributed by atoms with van der Waals surface area (Å²) in [7, 11) is -2.06. The number of aliphatic hydroxyl groups excluding tert-OH is 1. The second-order valence-electron chi connectivity index (χ2n) is 8.25. The molecule has 1 aliphatic heterocycles. The highest BCUT2D eigenvalue weighted by Gasteiger charge is 2.38. The first-order valence-corrected chi connectivity index (χ1v) is 12.2. The van der Waals surface area contributed by atoms with Gasteiger partial charge < -0.3 is 14.7 Å². The zero-order valence-corrected chi connectivity index (χ0v) is 19.4. The molecule has 2 aliphatic rings. The monoisotopic (exact) mass is 488 g/mol. The van der Waals surface area contributed by atoms with Crippen LogP contribution in [-0.4, -0.2) is 67.5 Å². The summed E-state index contributed by atoms with van der Waals surface area (Å²) < 4.78 is 34.7. The summed E-state index contributed by atoms with van der Waals surface area (Å²) in [5.74, 6) is 0.674. The fraction of sp³-hybridized carbons (Fsp3) is 0.650. The van der Waals surface area contributed by atoms with Gasteiger partial charge in [0.1, 0.15) is 16.7 Å². The van der Waals surface area contributed by atoms with E-state index in [-0.39, 0.29) is 41.7 Å². The second-order valence-corrected chi connectivity index (χ2v) is 11.0. The fourth-order valence-corrected chi connectivity index (χ4v) is 5.68. The van der Waals surface area contributed by atoms with Crippen molar-refractivity contribution >= 4 is 31.9 Å². The molecule has 0 aromatic heterocycles. The van der Waals surface area contributed by atoms with Crippen molar-refractivity contribution in [3.05, 3.63) is 22.7 Å². The van der Waals surface area contributed by atoms with Gasteiger partial charge in [0.05, 0.1) is 13.2 Å². The molecule has 1 N–H and O–H groups in total. The third-order valence-corrected chi connectivity index (χ3v) is 8.18. The number of hydrogen-bond donors (Lipinski definition) is 1. The smallest absolute Gasteiger partial charge is 0.247 e. The zero-order valence-electron chi connectivity index (χ0n) is 17.0. The first kappa shape index (κ1) is 22.5. The molecule has 1 heterocycles. The quantitative estimate of drug-likeness (QED) is 0.664. The van der Waals surface area contributed by atoms with E-state index < -0.39 is 16.1 Å². The summed E-state index contributed by atoms with van der Waals surface area (Å²) in [6, 6.07) is 4.26. The van der Waals surface area contributed by atoms with Gasteiger partial charge in [-0.05, 0) is 43.9 Å². The number of carbonyl (C=O) groups is 1. The van der Waals surface area contributed by atoms with Crippen LogP contribution in [-0.2, 0) is 14.8 Å². The highest BCUT2D eigenvalue weighted by molar-refractivity contribution is 9.10. The number of aliphatic hydroxyl groups is 1. The molecule has 162 valence electrons. The van der Waals surface area contributed by atoms with Gasteiger partial charge >= 0.3 is 0 Å². The van der Waals surface area contributed by atoms with Gasteiger partial charge in [-0.15, -0.1) is 0 Å². The molecule has 0 bridgehead atoms. The number of hydrogen-bond acceptors (Lipinski definition) is 5. The van der Waals surface area contributed by atoms with Crippen LogP contribution in [0.3, 0.4) is 0 Å². The number of rotatable bonds is 6. The molecule has 1 fully saturated rings. The Hall–Kier alpha value is -1.16. The minimum Gasteiger partial charge on any atom is -0.487 e. The number of sulfonamides is 1. The first-order chi connectivity index (χ1) is 13.6. The molecular weight excluding hydrogens is 460 g/mol. The van der Waals surface area contributed by atoms with Gasteiger partial charge in [-0.3, -0.25) is 4.79 Å². The van der Waals surface area contributed by atoms with Crippen LogP contribution in [0.5, 0.6) is 5.75 Å². The minimum absolute atomic E-state index is 0.0739. The highest BCUT2D eigenvalue weighted by Crippen LogP contribution is 2.36. The maximum absolute atomic E-state index is 13.3. The zero-order chi connectivity index (χ0) is 21.3. The molecule has 1 aromatic carbocycles. The Balaban J connectivity index is 1.92. The van der Waals surface area contributed by atoms with Gasteiger partial charge in [0, 0.05) is 36.4 Å². The topological polar surface area (TPSA) is 87.2 Å². The van der Waals surface area contributed by atoms with Crippen molar-refractivity contribution in [2.45, 2.75) is 50.2 Å². The number of carbonyl (C=O) groups excluding carboxylic acids is 1. The first-order valence-electron chi connectivity index (χ1n) is 9.96. The lowest BCUT2D eigenvalue weighted by Gasteiger charge is -2.37. The van der Waals surface area contributed by atoms with Crippen molar-refractivity contribution in [2.24, 2.45) is 11.8 Å². The number of amides is 1. The molecule has 1 amide bonds. The third-order valence-electron chi connectivity index (χ3n) is 5.67. The van der Waals surface area contributed by atoms with Crippen LogP contribution in [0, 0.1) is 11.8 Å². The van der Waals surface area contributed by atoms with Crippen molar-refractivity contribution in [2.75, 3.05) is 26.7 Å². The van der Waals surface area contributed by atoms with Gasteiger partial charge in [-0.1, -0.05) is 22.9 Å². The normalized spacial score (nSPS) is 25.3. The van der Waals surface area contributed by atoms with Crippen LogP contribution in [0.2, 0.25) is 0 Å².